The van der Waals surface area contributed by atoms with E-state index in [0.29, 0.717) is 13.2 Å². The summed E-state index contributed by atoms with van der Waals surface area (Å²) in [6, 6.07) is 15.5. The Balaban J connectivity index is 1.39. The van der Waals surface area contributed by atoms with Gasteiger partial charge in [0, 0.05) is 11.1 Å². The van der Waals surface area contributed by atoms with Crippen LogP contribution in [-0.2, 0) is 12.8 Å². The van der Waals surface area contributed by atoms with Crippen molar-refractivity contribution in [2.24, 2.45) is 0 Å². The number of pyridine rings is 1. The molecule has 0 spiro atoms. The molecular weight excluding hydrogens is 352 g/mol. The smallest absolute Gasteiger partial charge is 0.252 e. The average molecular weight is 374 g/mol. The van der Waals surface area contributed by atoms with Crippen molar-refractivity contribution in [2.75, 3.05) is 13.2 Å². The Morgan fingerprint density at radius 2 is 1.82 bits per heavy atom. The normalized spacial score (nSPS) is 17.8. The Labute approximate surface area is 163 Å². The number of fused-ring (bicyclic) bond motifs is 3. The van der Waals surface area contributed by atoms with E-state index in [2.05, 4.69) is 5.32 Å². The van der Waals surface area contributed by atoms with Crippen LogP contribution in [0.4, 0.5) is 0 Å². The van der Waals surface area contributed by atoms with E-state index in [-0.39, 0.29) is 12.0 Å². The van der Waals surface area contributed by atoms with Gasteiger partial charge in [0.05, 0.1) is 17.6 Å². The van der Waals surface area contributed by atoms with E-state index in [1.807, 2.05) is 48.5 Å². The number of carbonyl (C=O) groups excluding carboxylic acids is 1. The van der Waals surface area contributed by atoms with Gasteiger partial charge in [0.1, 0.15) is 12.7 Å². The monoisotopic (exact) mass is 374 g/mol. The van der Waals surface area contributed by atoms with Gasteiger partial charge >= 0.3 is 0 Å². The highest BCUT2D eigenvalue weighted by molar-refractivity contribution is 6.07. The minimum Gasteiger partial charge on any atom is -0.486 e. The highest BCUT2D eigenvalue weighted by atomic mass is 16.6. The molecule has 1 atom stereocenters. The maximum absolute atomic E-state index is 13.2. The SMILES string of the molecule is O=C(NCC1COc2ccccc2O1)c1c2c(nc3ccccc13)CCCC2. The molecule has 0 fully saturated rings. The van der Waals surface area contributed by atoms with Crippen molar-refractivity contribution < 1.29 is 14.3 Å². The predicted molar refractivity (Wildman–Crippen MR) is 107 cm³/mol. The summed E-state index contributed by atoms with van der Waals surface area (Å²) in [6.45, 7) is 0.824. The van der Waals surface area contributed by atoms with Gasteiger partial charge in [-0.1, -0.05) is 30.3 Å². The molecule has 5 nitrogen and oxygen atoms in total. The summed E-state index contributed by atoms with van der Waals surface area (Å²) in [5.74, 6) is 1.42. The molecule has 1 N–H and O–H groups in total. The minimum absolute atomic E-state index is 0.0563. The molecule has 5 rings (SSSR count). The first-order valence-electron chi connectivity index (χ1n) is 9.87. The van der Waals surface area contributed by atoms with Crippen LogP contribution in [0.2, 0.25) is 0 Å². The molecule has 0 bridgehead atoms. The molecule has 5 heteroatoms. The first kappa shape index (κ1) is 17.0. The number of nitrogens with one attached hydrogen (secondary N) is 1. The molecule has 142 valence electrons. The summed E-state index contributed by atoms with van der Waals surface area (Å²) < 4.78 is 11.7. The van der Waals surface area contributed by atoms with Crippen LogP contribution in [0, 0.1) is 0 Å². The second-order valence-electron chi connectivity index (χ2n) is 7.34. The molecule has 3 aromatic rings. The highest BCUT2D eigenvalue weighted by Gasteiger charge is 2.25. The van der Waals surface area contributed by atoms with Crippen LogP contribution in [0.3, 0.4) is 0 Å². The van der Waals surface area contributed by atoms with Crippen molar-refractivity contribution in [3.63, 3.8) is 0 Å². The predicted octanol–water partition coefficient (Wildman–Crippen LogP) is 3.68. The average Bonchev–Trinajstić information content (AvgIpc) is 2.75. The molecule has 28 heavy (non-hydrogen) atoms. The van der Waals surface area contributed by atoms with Gasteiger partial charge in [-0.3, -0.25) is 9.78 Å². The maximum atomic E-state index is 13.2. The third-order valence-corrected chi connectivity index (χ3v) is 5.45. The van der Waals surface area contributed by atoms with Crippen LogP contribution in [0.25, 0.3) is 10.9 Å². The lowest BCUT2D eigenvalue weighted by Gasteiger charge is -2.27. The Hall–Kier alpha value is -3.08. The van der Waals surface area contributed by atoms with E-state index >= 15 is 0 Å². The van der Waals surface area contributed by atoms with Crippen LogP contribution >= 0.6 is 0 Å². The highest BCUT2D eigenvalue weighted by Crippen LogP contribution is 2.31. The van der Waals surface area contributed by atoms with Gasteiger partial charge in [0.2, 0.25) is 0 Å². The molecule has 1 unspecified atom stereocenters. The molecule has 0 radical (unpaired) electrons. The Kier molecular flexibility index (Phi) is 4.35. The molecule has 2 aromatic carbocycles. The third kappa shape index (κ3) is 3.07. The summed E-state index contributed by atoms with van der Waals surface area (Å²) in [5, 5.41) is 3.99. The standard InChI is InChI=1S/C23H22N2O3/c26-23(24-13-15-14-27-20-11-5-6-12-21(20)28-15)22-16-7-1-3-9-18(16)25-19-10-4-2-8-17(19)22/h1,3,5-7,9,11-12,15H,2,4,8,10,13-14H2,(H,24,26). The first-order chi connectivity index (χ1) is 13.8. The number of aromatic nitrogens is 1. The molecule has 1 aliphatic carbocycles. The number of amides is 1. The lowest BCUT2D eigenvalue weighted by Crippen LogP contribution is -2.41. The van der Waals surface area contributed by atoms with E-state index in [0.717, 1.165) is 64.9 Å². The largest absolute Gasteiger partial charge is 0.486 e. The van der Waals surface area contributed by atoms with Crippen molar-refractivity contribution in [1.29, 1.82) is 0 Å². The van der Waals surface area contributed by atoms with Crippen LogP contribution in [0.5, 0.6) is 11.5 Å². The second kappa shape index (κ2) is 7.15. The molecular formula is C23H22N2O3. The number of rotatable bonds is 3. The quantitative estimate of drug-likeness (QED) is 0.760. The topological polar surface area (TPSA) is 60.5 Å². The van der Waals surface area contributed by atoms with E-state index in [1.165, 1.54) is 0 Å². The van der Waals surface area contributed by atoms with E-state index in [1.54, 1.807) is 0 Å². The third-order valence-electron chi connectivity index (χ3n) is 5.45. The van der Waals surface area contributed by atoms with E-state index in [4.69, 9.17) is 14.5 Å². The summed E-state index contributed by atoms with van der Waals surface area (Å²) in [5.41, 5.74) is 3.84. The number of nitrogens with zero attached hydrogens (tertiary/aromatic N) is 1. The van der Waals surface area contributed by atoms with Crippen LogP contribution in [0.1, 0.15) is 34.5 Å². The lowest BCUT2D eigenvalue weighted by atomic mass is 9.89. The molecule has 1 aromatic heterocycles. The number of hydrogen-bond donors (Lipinski definition) is 1. The summed E-state index contributed by atoms with van der Waals surface area (Å²) in [7, 11) is 0. The van der Waals surface area contributed by atoms with Crippen molar-refractivity contribution in [3.05, 3.63) is 65.4 Å². The van der Waals surface area contributed by atoms with Crippen LogP contribution in [0.15, 0.2) is 48.5 Å². The fraction of sp³-hybridized carbons (Fsp3) is 0.304. The number of para-hydroxylation sites is 3. The molecule has 0 saturated carbocycles. The fourth-order valence-corrected chi connectivity index (χ4v) is 4.09. The molecule has 2 heterocycles. The van der Waals surface area contributed by atoms with E-state index < -0.39 is 0 Å². The first-order valence-corrected chi connectivity index (χ1v) is 9.87. The van der Waals surface area contributed by atoms with Gasteiger partial charge in [-0.25, -0.2) is 0 Å². The number of ether oxygens (including phenoxy) is 2. The minimum atomic E-state index is -0.206. The fourth-order valence-electron chi connectivity index (χ4n) is 4.09. The van der Waals surface area contributed by atoms with Gasteiger partial charge in [-0.2, -0.15) is 0 Å². The Morgan fingerprint density at radius 1 is 1.04 bits per heavy atom. The van der Waals surface area contributed by atoms with Crippen molar-refractivity contribution >= 4 is 16.8 Å². The van der Waals surface area contributed by atoms with Crippen LogP contribution in [-0.4, -0.2) is 30.1 Å². The molecule has 0 saturated heterocycles. The van der Waals surface area contributed by atoms with Crippen molar-refractivity contribution in [1.82, 2.24) is 10.3 Å². The number of hydrogen-bond acceptors (Lipinski definition) is 4. The van der Waals surface area contributed by atoms with Crippen molar-refractivity contribution in [3.8, 4) is 11.5 Å². The number of aryl methyl sites for hydroxylation is 1. The summed E-state index contributed by atoms with van der Waals surface area (Å²) in [6.07, 6.45) is 3.88. The van der Waals surface area contributed by atoms with Crippen molar-refractivity contribution in [2.45, 2.75) is 31.8 Å². The van der Waals surface area contributed by atoms with Gasteiger partial charge in [0.15, 0.2) is 11.5 Å². The Bertz CT molecular complexity index is 1050. The van der Waals surface area contributed by atoms with Gasteiger partial charge in [-0.15, -0.1) is 0 Å². The number of benzene rings is 2. The number of carbonyl (C=O) groups is 1. The lowest BCUT2D eigenvalue weighted by molar-refractivity contribution is 0.0789. The molecule has 1 aliphatic heterocycles. The Morgan fingerprint density at radius 3 is 2.75 bits per heavy atom. The maximum Gasteiger partial charge on any atom is 0.252 e. The van der Waals surface area contributed by atoms with Gasteiger partial charge < -0.3 is 14.8 Å². The van der Waals surface area contributed by atoms with Crippen LogP contribution < -0.4 is 14.8 Å². The zero-order chi connectivity index (χ0) is 18.9. The zero-order valence-electron chi connectivity index (χ0n) is 15.6. The molecule has 2 aliphatic rings. The van der Waals surface area contributed by atoms with E-state index in [9.17, 15) is 4.79 Å². The molecule has 1 amide bonds. The summed E-state index contributed by atoms with van der Waals surface area (Å²) >= 11 is 0. The van der Waals surface area contributed by atoms with Gasteiger partial charge in [-0.05, 0) is 49.4 Å². The summed E-state index contributed by atoms with van der Waals surface area (Å²) in [4.78, 5) is 18.0. The van der Waals surface area contributed by atoms with Gasteiger partial charge in [0.25, 0.3) is 5.91 Å². The second-order valence-corrected chi connectivity index (χ2v) is 7.34. The zero-order valence-corrected chi connectivity index (χ0v) is 15.6.